The SMILES string of the molecule is CCC(CBr)CN(C)CCSC. The predicted octanol–water partition coefficient (Wildman–Crippen LogP) is 2.70. The van der Waals surface area contributed by atoms with Crippen molar-refractivity contribution in [1.82, 2.24) is 4.90 Å². The van der Waals surface area contributed by atoms with E-state index in [0.717, 1.165) is 11.2 Å². The zero-order chi connectivity index (χ0) is 9.40. The van der Waals surface area contributed by atoms with Crippen LogP contribution in [-0.2, 0) is 0 Å². The Kier molecular flexibility index (Phi) is 8.94. The van der Waals surface area contributed by atoms with Crippen LogP contribution in [0.4, 0.5) is 0 Å². The Morgan fingerprint density at radius 1 is 1.50 bits per heavy atom. The average Bonchev–Trinajstić information content (AvgIpc) is 2.10. The minimum absolute atomic E-state index is 0.817. The van der Waals surface area contributed by atoms with Crippen molar-refractivity contribution < 1.29 is 0 Å². The molecule has 0 aromatic rings. The first-order chi connectivity index (χ1) is 5.74. The van der Waals surface area contributed by atoms with Crippen LogP contribution in [0.15, 0.2) is 0 Å². The molecule has 0 bridgehead atoms. The monoisotopic (exact) mass is 253 g/mol. The zero-order valence-corrected chi connectivity index (χ0v) is 10.7. The van der Waals surface area contributed by atoms with Gasteiger partial charge in [-0.25, -0.2) is 0 Å². The predicted molar refractivity (Wildman–Crippen MR) is 63.5 cm³/mol. The molecule has 0 rings (SSSR count). The maximum Gasteiger partial charge on any atom is 0.00717 e. The molecule has 0 radical (unpaired) electrons. The Morgan fingerprint density at radius 3 is 2.58 bits per heavy atom. The van der Waals surface area contributed by atoms with Crippen LogP contribution in [-0.4, -0.2) is 42.4 Å². The van der Waals surface area contributed by atoms with Gasteiger partial charge in [0.05, 0.1) is 0 Å². The summed E-state index contributed by atoms with van der Waals surface area (Å²) in [6, 6.07) is 0. The highest BCUT2D eigenvalue weighted by Gasteiger charge is 2.07. The molecule has 0 saturated heterocycles. The normalized spacial score (nSPS) is 13.8. The Balaban J connectivity index is 3.44. The van der Waals surface area contributed by atoms with Gasteiger partial charge in [0.25, 0.3) is 0 Å². The van der Waals surface area contributed by atoms with Crippen molar-refractivity contribution in [2.75, 3.05) is 37.5 Å². The van der Waals surface area contributed by atoms with Gasteiger partial charge in [-0.2, -0.15) is 11.8 Å². The first kappa shape index (κ1) is 12.8. The van der Waals surface area contributed by atoms with Gasteiger partial charge in [-0.3, -0.25) is 0 Å². The number of hydrogen-bond acceptors (Lipinski definition) is 2. The molecule has 0 N–H and O–H groups in total. The quantitative estimate of drug-likeness (QED) is 0.643. The molecule has 0 aromatic heterocycles. The molecule has 0 aliphatic heterocycles. The second-order valence-electron chi connectivity index (χ2n) is 3.18. The van der Waals surface area contributed by atoms with Crippen LogP contribution in [0.5, 0.6) is 0 Å². The van der Waals surface area contributed by atoms with Crippen molar-refractivity contribution in [2.45, 2.75) is 13.3 Å². The number of alkyl halides is 1. The molecule has 0 amide bonds. The standard InChI is InChI=1S/C9H20BrNS/c1-4-9(7-10)8-11(2)5-6-12-3/h9H,4-8H2,1-3H3. The molecular formula is C9H20BrNS. The van der Waals surface area contributed by atoms with Gasteiger partial charge in [0.1, 0.15) is 0 Å². The highest BCUT2D eigenvalue weighted by Crippen LogP contribution is 2.08. The lowest BCUT2D eigenvalue weighted by Crippen LogP contribution is -2.28. The summed E-state index contributed by atoms with van der Waals surface area (Å²) in [6.07, 6.45) is 3.44. The van der Waals surface area contributed by atoms with E-state index in [0.29, 0.717) is 0 Å². The summed E-state index contributed by atoms with van der Waals surface area (Å²) in [5.41, 5.74) is 0. The highest BCUT2D eigenvalue weighted by molar-refractivity contribution is 9.09. The van der Waals surface area contributed by atoms with Gasteiger partial charge in [0.2, 0.25) is 0 Å². The second kappa shape index (κ2) is 8.39. The van der Waals surface area contributed by atoms with Crippen LogP contribution in [0.3, 0.4) is 0 Å². The summed E-state index contributed by atoms with van der Waals surface area (Å²) >= 11 is 5.46. The lowest BCUT2D eigenvalue weighted by atomic mass is 10.1. The molecule has 1 atom stereocenters. The third-order valence-corrected chi connectivity index (χ3v) is 3.55. The first-order valence-electron chi connectivity index (χ1n) is 4.48. The Hall–Kier alpha value is 0.790. The van der Waals surface area contributed by atoms with Crippen molar-refractivity contribution in [3.8, 4) is 0 Å². The fourth-order valence-electron chi connectivity index (χ4n) is 1.07. The molecular weight excluding hydrogens is 234 g/mol. The summed E-state index contributed by atoms with van der Waals surface area (Å²) < 4.78 is 0. The van der Waals surface area contributed by atoms with Crippen LogP contribution in [0.2, 0.25) is 0 Å². The van der Waals surface area contributed by atoms with E-state index in [-0.39, 0.29) is 0 Å². The van der Waals surface area contributed by atoms with Gasteiger partial charge in [0.15, 0.2) is 0 Å². The van der Waals surface area contributed by atoms with E-state index in [4.69, 9.17) is 0 Å². The Morgan fingerprint density at radius 2 is 2.17 bits per heavy atom. The van der Waals surface area contributed by atoms with E-state index < -0.39 is 0 Å². The minimum atomic E-state index is 0.817. The molecule has 0 aromatic carbocycles. The lowest BCUT2D eigenvalue weighted by Gasteiger charge is -2.21. The van der Waals surface area contributed by atoms with Crippen LogP contribution < -0.4 is 0 Å². The molecule has 1 nitrogen and oxygen atoms in total. The molecule has 3 heteroatoms. The van der Waals surface area contributed by atoms with Crippen LogP contribution in [0, 0.1) is 5.92 Å². The summed E-state index contributed by atoms with van der Waals surface area (Å²) in [5.74, 6) is 2.06. The maximum atomic E-state index is 3.54. The molecule has 0 spiro atoms. The van der Waals surface area contributed by atoms with Gasteiger partial charge in [-0.1, -0.05) is 29.3 Å². The Bertz CT molecular complexity index is 96.5. The lowest BCUT2D eigenvalue weighted by molar-refractivity contribution is 0.301. The van der Waals surface area contributed by atoms with Gasteiger partial charge < -0.3 is 4.90 Å². The minimum Gasteiger partial charge on any atom is -0.305 e. The van der Waals surface area contributed by atoms with Crippen molar-refractivity contribution >= 4 is 27.7 Å². The number of halogens is 1. The molecule has 1 unspecified atom stereocenters. The molecule has 0 aliphatic rings. The second-order valence-corrected chi connectivity index (χ2v) is 4.82. The van der Waals surface area contributed by atoms with Crippen molar-refractivity contribution in [3.05, 3.63) is 0 Å². The molecule has 12 heavy (non-hydrogen) atoms. The van der Waals surface area contributed by atoms with Crippen LogP contribution in [0.1, 0.15) is 13.3 Å². The first-order valence-corrected chi connectivity index (χ1v) is 6.99. The fraction of sp³-hybridized carbons (Fsp3) is 1.00. The topological polar surface area (TPSA) is 3.24 Å². The number of rotatable bonds is 7. The summed E-state index contributed by atoms with van der Waals surface area (Å²) in [5, 5.41) is 1.13. The van der Waals surface area contributed by atoms with E-state index in [9.17, 15) is 0 Å². The number of nitrogens with zero attached hydrogens (tertiary/aromatic N) is 1. The van der Waals surface area contributed by atoms with Crippen LogP contribution in [0.25, 0.3) is 0 Å². The summed E-state index contributed by atoms with van der Waals surface area (Å²) in [7, 11) is 2.21. The van der Waals surface area contributed by atoms with Gasteiger partial charge >= 0.3 is 0 Å². The maximum absolute atomic E-state index is 3.54. The summed E-state index contributed by atoms with van der Waals surface area (Å²) in [6.45, 7) is 4.70. The fourth-order valence-corrected chi connectivity index (χ4v) is 2.22. The van der Waals surface area contributed by atoms with E-state index >= 15 is 0 Å². The van der Waals surface area contributed by atoms with Crippen molar-refractivity contribution in [1.29, 1.82) is 0 Å². The van der Waals surface area contributed by atoms with Gasteiger partial charge in [-0.05, 0) is 19.2 Å². The number of hydrogen-bond donors (Lipinski definition) is 0. The van der Waals surface area contributed by atoms with E-state index in [1.807, 2.05) is 11.8 Å². The summed E-state index contributed by atoms with van der Waals surface area (Å²) in [4.78, 5) is 2.42. The van der Waals surface area contributed by atoms with Crippen LogP contribution >= 0.6 is 27.7 Å². The van der Waals surface area contributed by atoms with E-state index in [2.05, 4.69) is 41.1 Å². The highest BCUT2D eigenvalue weighted by atomic mass is 79.9. The Labute approximate surface area is 89.4 Å². The van der Waals surface area contributed by atoms with Gasteiger partial charge in [0, 0.05) is 24.2 Å². The van der Waals surface area contributed by atoms with Gasteiger partial charge in [-0.15, -0.1) is 0 Å². The van der Waals surface area contributed by atoms with Crippen molar-refractivity contribution in [2.24, 2.45) is 5.92 Å². The smallest absolute Gasteiger partial charge is 0.00717 e. The average molecular weight is 254 g/mol. The largest absolute Gasteiger partial charge is 0.305 e. The van der Waals surface area contributed by atoms with E-state index in [1.54, 1.807) is 0 Å². The molecule has 0 fully saturated rings. The van der Waals surface area contributed by atoms with E-state index in [1.165, 1.54) is 25.3 Å². The molecule has 74 valence electrons. The number of thioether (sulfide) groups is 1. The van der Waals surface area contributed by atoms with Crippen molar-refractivity contribution in [3.63, 3.8) is 0 Å². The third kappa shape index (κ3) is 6.32. The molecule has 0 heterocycles. The molecule has 0 saturated carbocycles. The molecule has 0 aliphatic carbocycles. The third-order valence-electron chi connectivity index (χ3n) is 2.04. The zero-order valence-electron chi connectivity index (χ0n) is 8.35.